The lowest BCUT2D eigenvalue weighted by Crippen LogP contribution is -2.29. The molecule has 4 heterocycles. The summed E-state index contributed by atoms with van der Waals surface area (Å²) in [6, 6.07) is 10.5. The molecule has 0 bridgehead atoms. The molecular weight excluding hydrogens is 344 g/mol. The molecule has 0 aliphatic rings. The van der Waals surface area contributed by atoms with Crippen molar-refractivity contribution in [3.8, 4) is 0 Å². The lowest BCUT2D eigenvalue weighted by Gasteiger charge is -2.14. The molecule has 0 fully saturated rings. The minimum Gasteiger partial charge on any atom is -0.309 e. The SMILES string of the molecule is [C-]#[N+]c1cc2cc[n+](C)c3c4c(C)c(C)cc5c6cnccc6n(c(c1)c23)c54. The van der Waals surface area contributed by atoms with E-state index in [0.717, 1.165) is 21.8 Å². The van der Waals surface area contributed by atoms with Crippen molar-refractivity contribution < 1.29 is 4.57 Å². The zero-order valence-electron chi connectivity index (χ0n) is 15.9. The maximum atomic E-state index is 7.58. The summed E-state index contributed by atoms with van der Waals surface area (Å²) in [5, 5.41) is 5.96. The van der Waals surface area contributed by atoms with E-state index in [1.165, 1.54) is 38.3 Å². The molecule has 28 heavy (non-hydrogen) atoms. The van der Waals surface area contributed by atoms with Gasteiger partial charge in [-0.2, -0.15) is 0 Å². The van der Waals surface area contributed by atoms with Crippen molar-refractivity contribution in [2.24, 2.45) is 7.05 Å². The first kappa shape index (κ1) is 15.4. The van der Waals surface area contributed by atoms with Crippen LogP contribution in [0.3, 0.4) is 0 Å². The van der Waals surface area contributed by atoms with Crippen LogP contribution in [0.2, 0.25) is 0 Å². The average Bonchev–Trinajstić information content (AvgIpc) is 3.04. The molecule has 0 saturated heterocycles. The highest BCUT2D eigenvalue weighted by Gasteiger charge is 2.24. The van der Waals surface area contributed by atoms with Crippen molar-refractivity contribution in [2.75, 3.05) is 0 Å². The van der Waals surface area contributed by atoms with E-state index in [1.54, 1.807) is 0 Å². The Kier molecular flexibility index (Phi) is 2.72. The van der Waals surface area contributed by atoms with Crippen molar-refractivity contribution in [1.29, 1.82) is 0 Å². The smallest absolute Gasteiger partial charge is 0.224 e. The van der Waals surface area contributed by atoms with E-state index in [0.29, 0.717) is 5.69 Å². The van der Waals surface area contributed by atoms with Crippen LogP contribution < -0.4 is 4.57 Å². The zero-order chi connectivity index (χ0) is 19.2. The van der Waals surface area contributed by atoms with Crippen LogP contribution in [0.1, 0.15) is 11.1 Å². The van der Waals surface area contributed by atoms with E-state index in [1.807, 2.05) is 24.5 Å². The maximum Gasteiger partial charge on any atom is 0.224 e. The Hall–Kier alpha value is -3.71. The van der Waals surface area contributed by atoms with Crippen LogP contribution in [0.5, 0.6) is 0 Å². The van der Waals surface area contributed by atoms with Gasteiger partial charge in [-0.1, -0.05) is 0 Å². The third-order valence-corrected chi connectivity index (χ3v) is 6.18. The third kappa shape index (κ3) is 1.65. The fourth-order valence-corrected chi connectivity index (χ4v) is 4.80. The molecule has 4 aromatic heterocycles. The lowest BCUT2D eigenvalue weighted by molar-refractivity contribution is -0.643. The van der Waals surface area contributed by atoms with Crippen LogP contribution in [0.4, 0.5) is 5.69 Å². The van der Waals surface area contributed by atoms with E-state index in [4.69, 9.17) is 6.57 Å². The molecule has 4 nitrogen and oxygen atoms in total. The molecule has 2 aromatic carbocycles. The van der Waals surface area contributed by atoms with Gasteiger partial charge >= 0.3 is 0 Å². The number of aryl methyl sites for hydroxylation is 3. The zero-order valence-corrected chi connectivity index (χ0v) is 15.9. The van der Waals surface area contributed by atoms with E-state index in [2.05, 4.69) is 64.1 Å². The summed E-state index contributed by atoms with van der Waals surface area (Å²) in [6.45, 7) is 12.0. The summed E-state index contributed by atoms with van der Waals surface area (Å²) in [7, 11) is 2.11. The van der Waals surface area contributed by atoms with Crippen molar-refractivity contribution in [2.45, 2.75) is 13.8 Å². The van der Waals surface area contributed by atoms with Gasteiger partial charge in [-0.25, -0.2) is 9.41 Å². The van der Waals surface area contributed by atoms with Gasteiger partial charge in [0.1, 0.15) is 7.05 Å². The molecule has 0 unspecified atom stereocenters. The number of rotatable bonds is 0. The second-order valence-electron chi connectivity index (χ2n) is 7.63. The highest BCUT2D eigenvalue weighted by Crippen LogP contribution is 2.42. The van der Waals surface area contributed by atoms with Crippen molar-refractivity contribution in [1.82, 2.24) is 9.38 Å². The van der Waals surface area contributed by atoms with Gasteiger partial charge in [0.2, 0.25) is 5.52 Å². The summed E-state index contributed by atoms with van der Waals surface area (Å²) in [4.78, 5) is 8.13. The van der Waals surface area contributed by atoms with Crippen molar-refractivity contribution in [3.05, 3.63) is 71.5 Å². The summed E-state index contributed by atoms with van der Waals surface area (Å²) in [5.41, 5.74) is 7.89. The van der Waals surface area contributed by atoms with Crippen LogP contribution in [0, 0.1) is 20.4 Å². The second-order valence-corrected chi connectivity index (χ2v) is 7.63. The summed E-state index contributed by atoms with van der Waals surface area (Å²) >= 11 is 0. The molecule has 0 N–H and O–H groups in total. The van der Waals surface area contributed by atoms with Gasteiger partial charge in [-0.05, 0) is 54.6 Å². The van der Waals surface area contributed by atoms with Crippen LogP contribution in [-0.2, 0) is 7.05 Å². The summed E-state index contributed by atoms with van der Waals surface area (Å²) in [5.74, 6) is 0. The maximum absolute atomic E-state index is 7.58. The highest BCUT2D eigenvalue weighted by atomic mass is 15.0. The Bertz CT molecular complexity index is 1650. The van der Waals surface area contributed by atoms with Gasteiger partial charge in [0.05, 0.1) is 33.9 Å². The minimum absolute atomic E-state index is 0.665. The average molecular weight is 361 g/mol. The molecule has 0 saturated carbocycles. The van der Waals surface area contributed by atoms with Gasteiger partial charge in [0, 0.05) is 29.2 Å². The van der Waals surface area contributed by atoms with Gasteiger partial charge in [0.15, 0.2) is 11.9 Å². The standard InChI is InChI=1S/C24H17N4/c1-13-9-17-18-12-26-7-5-19(18)28-20-11-16(25-3)10-15-6-8-27(4)24(22(15)20)21(14(13)2)23(17)28/h5-12H,1-2,4H3/q+1. The molecule has 6 aromatic rings. The monoisotopic (exact) mass is 361 g/mol. The Morgan fingerprint density at radius 2 is 1.89 bits per heavy atom. The van der Waals surface area contributed by atoms with Gasteiger partial charge in [-0.3, -0.25) is 4.98 Å². The highest BCUT2D eigenvalue weighted by molar-refractivity contribution is 6.26. The number of pyridine rings is 3. The topological polar surface area (TPSA) is 25.5 Å². The number of benzene rings is 2. The van der Waals surface area contributed by atoms with E-state index < -0.39 is 0 Å². The minimum atomic E-state index is 0.665. The largest absolute Gasteiger partial charge is 0.309 e. The number of hydrogen-bond acceptors (Lipinski definition) is 1. The van der Waals surface area contributed by atoms with Crippen LogP contribution >= 0.6 is 0 Å². The second kappa shape index (κ2) is 4.96. The van der Waals surface area contributed by atoms with E-state index in [-0.39, 0.29) is 0 Å². The Labute approximate surface area is 161 Å². The molecule has 0 aliphatic heterocycles. The fourth-order valence-electron chi connectivity index (χ4n) is 4.80. The molecule has 0 aliphatic carbocycles. The fraction of sp³-hybridized carbons (Fsp3) is 0.125. The van der Waals surface area contributed by atoms with Crippen LogP contribution in [0.25, 0.3) is 53.8 Å². The van der Waals surface area contributed by atoms with E-state index >= 15 is 0 Å². The first-order valence-electron chi connectivity index (χ1n) is 9.33. The predicted octanol–water partition coefficient (Wildman–Crippen LogP) is 5.38. The Morgan fingerprint density at radius 3 is 2.71 bits per heavy atom. The van der Waals surface area contributed by atoms with Crippen molar-refractivity contribution >= 4 is 54.7 Å². The summed E-state index contributed by atoms with van der Waals surface area (Å²) < 4.78 is 4.54. The predicted molar refractivity (Wildman–Crippen MR) is 113 cm³/mol. The molecule has 6 rings (SSSR count). The number of aromatic nitrogens is 3. The van der Waals surface area contributed by atoms with Gasteiger partial charge in [0.25, 0.3) is 0 Å². The first-order chi connectivity index (χ1) is 13.6. The Balaban J connectivity index is 2.16. The van der Waals surface area contributed by atoms with Crippen molar-refractivity contribution in [3.63, 3.8) is 0 Å². The molecule has 132 valence electrons. The molecule has 4 heteroatoms. The molecule has 0 spiro atoms. The van der Waals surface area contributed by atoms with E-state index in [9.17, 15) is 0 Å². The molecule has 0 atom stereocenters. The number of nitrogens with zero attached hydrogens (tertiary/aromatic N) is 4. The summed E-state index contributed by atoms with van der Waals surface area (Å²) in [6.07, 6.45) is 5.90. The first-order valence-corrected chi connectivity index (χ1v) is 9.33. The Morgan fingerprint density at radius 1 is 1.04 bits per heavy atom. The van der Waals surface area contributed by atoms with Gasteiger partial charge < -0.3 is 4.40 Å². The number of fused-ring (bicyclic) bond motifs is 5. The third-order valence-electron chi connectivity index (χ3n) is 6.18. The molecular formula is C24H17N4+. The normalized spacial score (nSPS) is 12.1. The quantitative estimate of drug-likeness (QED) is 0.154. The lowest BCUT2D eigenvalue weighted by atomic mass is 9.96. The van der Waals surface area contributed by atoms with Crippen LogP contribution in [0.15, 0.2) is 48.9 Å². The van der Waals surface area contributed by atoms with Gasteiger partial charge in [-0.15, -0.1) is 0 Å². The van der Waals surface area contributed by atoms with Crippen LogP contribution in [-0.4, -0.2) is 9.38 Å². The molecule has 0 radical (unpaired) electrons. The number of hydrogen-bond donors (Lipinski definition) is 0. The molecule has 0 amide bonds.